The van der Waals surface area contributed by atoms with Gasteiger partial charge in [-0.25, -0.2) is 4.99 Å². The third-order valence-corrected chi connectivity index (χ3v) is 5.69. The molecule has 0 aromatic rings. The molecule has 0 saturated carbocycles. The molecule has 154 valence electrons. The number of amidine groups is 1. The molecule has 1 rings (SSSR count). The van der Waals surface area contributed by atoms with Crippen LogP contribution in [0.3, 0.4) is 0 Å². The van der Waals surface area contributed by atoms with Crippen molar-refractivity contribution in [1.82, 2.24) is 0 Å². The normalized spacial score (nSPS) is 19.9. The fourth-order valence-electron chi connectivity index (χ4n) is 3.94. The van der Waals surface area contributed by atoms with E-state index in [0.29, 0.717) is 13.1 Å². The highest BCUT2D eigenvalue weighted by Gasteiger charge is 2.28. The highest BCUT2D eigenvalue weighted by atomic mass is 16.6. The molecule has 0 fully saturated rings. The number of unbranched alkanes of at least 4 members (excludes halogenated alkanes) is 14. The molecule has 0 aromatic heterocycles. The zero-order valence-corrected chi connectivity index (χ0v) is 17.4. The van der Waals surface area contributed by atoms with Gasteiger partial charge in [0.2, 0.25) is 0 Å². The van der Waals surface area contributed by atoms with Crippen LogP contribution < -0.4 is 0 Å². The summed E-state index contributed by atoms with van der Waals surface area (Å²) < 4.78 is -0.366. The van der Waals surface area contributed by atoms with Crippen LogP contribution in [0.25, 0.3) is 0 Å². The molecule has 1 unspecified atom stereocenters. The average molecular weight is 369 g/mol. The molecule has 0 aromatic carbocycles. The molecule has 4 heteroatoms. The predicted octanol–water partition coefficient (Wildman–Crippen LogP) is 5.97. The first-order valence-corrected chi connectivity index (χ1v) is 11.5. The van der Waals surface area contributed by atoms with Gasteiger partial charge in [-0.2, -0.15) is 0 Å². The first-order valence-electron chi connectivity index (χ1n) is 11.5. The molecule has 1 heterocycles. The maximum atomic E-state index is 12.5. The lowest BCUT2D eigenvalue weighted by Gasteiger charge is -2.38. The summed E-state index contributed by atoms with van der Waals surface area (Å²) in [6.45, 7) is 3.67. The van der Waals surface area contributed by atoms with Crippen molar-refractivity contribution < 1.29 is 9.75 Å². The molecule has 1 aliphatic rings. The standard InChI is InChI=1S/C22H44N2O2/c1-2-3-4-5-6-7-8-9-10-11-12-13-14-15-16-17-22-23-18-19-24(22,26)20-21-25/h25H,2-21H2,1H3. The Morgan fingerprint density at radius 3 is 1.73 bits per heavy atom. The second kappa shape index (κ2) is 15.6. The summed E-state index contributed by atoms with van der Waals surface area (Å²) in [4.78, 5) is 4.38. The maximum absolute atomic E-state index is 12.5. The van der Waals surface area contributed by atoms with E-state index >= 15 is 0 Å². The van der Waals surface area contributed by atoms with E-state index in [1.54, 1.807) is 0 Å². The summed E-state index contributed by atoms with van der Waals surface area (Å²) in [6, 6.07) is 0. The van der Waals surface area contributed by atoms with Gasteiger partial charge in [0, 0.05) is 6.42 Å². The van der Waals surface area contributed by atoms with E-state index in [2.05, 4.69) is 11.9 Å². The Bertz CT molecular complexity index is 360. The quantitative estimate of drug-likeness (QED) is 0.184. The Morgan fingerprint density at radius 1 is 0.808 bits per heavy atom. The van der Waals surface area contributed by atoms with Gasteiger partial charge in [0.25, 0.3) is 0 Å². The minimum absolute atomic E-state index is 0.0403. The molecule has 0 radical (unpaired) electrons. The van der Waals surface area contributed by atoms with Gasteiger partial charge in [0.15, 0.2) is 5.84 Å². The molecular weight excluding hydrogens is 324 g/mol. The molecule has 26 heavy (non-hydrogen) atoms. The molecule has 1 N–H and O–H groups in total. The number of nitrogens with zero attached hydrogens (tertiary/aromatic N) is 2. The number of aliphatic imine (C=N–C) groups is 1. The molecule has 1 atom stereocenters. The van der Waals surface area contributed by atoms with Crippen LogP contribution in [0.1, 0.15) is 110 Å². The summed E-state index contributed by atoms with van der Waals surface area (Å²) in [5.41, 5.74) is 0. The van der Waals surface area contributed by atoms with E-state index in [1.165, 1.54) is 89.9 Å². The Morgan fingerprint density at radius 2 is 1.27 bits per heavy atom. The van der Waals surface area contributed by atoms with Crippen molar-refractivity contribution in [2.24, 2.45) is 4.99 Å². The number of hydrogen-bond donors (Lipinski definition) is 1. The highest BCUT2D eigenvalue weighted by molar-refractivity contribution is 5.77. The van der Waals surface area contributed by atoms with Gasteiger partial charge in [-0.15, -0.1) is 0 Å². The zero-order chi connectivity index (χ0) is 18.9. The second-order valence-corrected chi connectivity index (χ2v) is 8.06. The Labute approximate surface area is 162 Å². The fraction of sp³-hybridized carbons (Fsp3) is 0.955. The van der Waals surface area contributed by atoms with Gasteiger partial charge >= 0.3 is 0 Å². The van der Waals surface area contributed by atoms with Crippen molar-refractivity contribution in [3.63, 3.8) is 0 Å². The Kier molecular flexibility index (Phi) is 14.1. The van der Waals surface area contributed by atoms with Crippen LogP contribution in [-0.4, -0.2) is 41.8 Å². The molecule has 4 nitrogen and oxygen atoms in total. The summed E-state index contributed by atoms with van der Waals surface area (Å²) >= 11 is 0. The topological polar surface area (TPSA) is 55.7 Å². The lowest BCUT2D eigenvalue weighted by molar-refractivity contribution is -0.784. The predicted molar refractivity (Wildman–Crippen MR) is 112 cm³/mol. The third-order valence-electron chi connectivity index (χ3n) is 5.69. The van der Waals surface area contributed by atoms with E-state index < -0.39 is 0 Å². The van der Waals surface area contributed by atoms with E-state index in [1.807, 2.05) is 0 Å². The molecule has 0 spiro atoms. The van der Waals surface area contributed by atoms with Crippen LogP contribution >= 0.6 is 0 Å². The van der Waals surface area contributed by atoms with Crippen LogP contribution in [0.2, 0.25) is 0 Å². The van der Waals surface area contributed by atoms with Crippen LogP contribution in [0.5, 0.6) is 0 Å². The minimum Gasteiger partial charge on any atom is -0.626 e. The van der Waals surface area contributed by atoms with Gasteiger partial charge in [-0.3, -0.25) is 0 Å². The first-order chi connectivity index (χ1) is 12.7. The van der Waals surface area contributed by atoms with Gasteiger partial charge in [0.1, 0.15) is 13.1 Å². The molecule has 0 bridgehead atoms. The van der Waals surface area contributed by atoms with Gasteiger partial charge in [-0.05, 0) is 6.42 Å². The van der Waals surface area contributed by atoms with Crippen molar-refractivity contribution in [3.05, 3.63) is 5.21 Å². The fourth-order valence-corrected chi connectivity index (χ4v) is 3.94. The number of hydrogen-bond acceptors (Lipinski definition) is 3. The molecule has 0 amide bonds. The number of rotatable bonds is 18. The Hall–Kier alpha value is -0.450. The molecule has 1 aliphatic heterocycles. The van der Waals surface area contributed by atoms with E-state index in [4.69, 9.17) is 5.11 Å². The highest BCUT2D eigenvalue weighted by Crippen LogP contribution is 2.19. The van der Waals surface area contributed by atoms with Crippen molar-refractivity contribution >= 4 is 5.84 Å². The van der Waals surface area contributed by atoms with E-state index in [9.17, 15) is 5.21 Å². The number of aliphatic hydroxyl groups excluding tert-OH is 1. The van der Waals surface area contributed by atoms with Gasteiger partial charge in [0.05, 0.1) is 13.2 Å². The van der Waals surface area contributed by atoms with Gasteiger partial charge < -0.3 is 15.0 Å². The van der Waals surface area contributed by atoms with Gasteiger partial charge in [-0.1, -0.05) is 96.8 Å². The van der Waals surface area contributed by atoms with Crippen molar-refractivity contribution in [2.75, 3.05) is 26.2 Å². The summed E-state index contributed by atoms with van der Waals surface area (Å²) in [5.74, 6) is 0.772. The van der Waals surface area contributed by atoms with E-state index in [-0.39, 0.29) is 17.8 Å². The minimum atomic E-state index is -0.366. The second-order valence-electron chi connectivity index (χ2n) is 8.06. The molecule has 0 aliphatic carbocycles. The number of aliphatic hydroxyl groups is 1. The number of quaternary nitrogens is 1. The Balaban J connectivity index is 1.83. The lowest BCUT2D eigenvalue weighted by atomic mass is 10.0. The van der Waals surface area contributed by atoms with Crippen molar-refractivity contribution in [3.8, 4) is 0 Å². The SMILES string of the molecule is CCCCCCCCCCCCCCCCCC1=NCC[N+]1([O-])CCO. The summed E-state index contributed by atoms with van der Waals surface area (Å²) in [6.07, 6.45) is 21.2. The van der Waals surface area contributed by atoms with Crippen molar-refractivity contribution in [1.29, 1.82) is 0 Å². The number of hydroxylamine groups is 3. The molecule has 0 saturated heterocycles. The molecular formula is C22H44N2O2. The summed E-state index contributed by atoms with van der Waals surface area (Å²) in [5, 5.41) is 21.5. The largest absolute Gasteiger partial charge is 0.626 e. The van der Waals surface area contributed by atoms with E-state index in [0.717, 1.165) is 18.7 Å². The zero-order valence-electron chi connectivity index (χ0n) is 17.4. The average Bonchev–Trinajstić information content (AvgIpc) is 2.99. The van der Waals surface area contributed by atoms with Crippen LogP contribution in [0, 0.1) is 5.21 Å². The van der Waals surface area contributed by atoms with Crippen molar-refractivity contribution in [2.45, 2.75) is 110 Å². The first kappa shape index (κ1) is 23.6. The van der Waals surface area contributed by atoms with Crippen LogP contribution in [-0.2, 0) is 0 Å². The third kappa shape index (κ3) is 10.6. The summed E-state index contributed by atoms with van der Waals surface area (Å²) in [7, 11) is 0. The van der Waals surface area contributed by atoms with Crippen LogP contribution in [0.15, 0.2) is 4.99 Å². The monoisotopic (exact) mass is 368 g/mol. The smallest absolute Gasteiger partial charge is 0.198 e. The lowest BCUT2D eigenvalue weighted by Crippen LogP contribution is -2.47. The maximum Gasteiger partial charge on any atom is 0.198 e. The van der Waals surface area contributed by atoms with Crippen LogP contribution in [0.4, 0.5) is 0 Å².